The fourth-order valence-electron chi connectivity index (χ4n) is 3.67. The molecule has 0 spiro atoms. The van der Waals surface area contributed by atoms with E-state index in [9.17, 15) is 14.4 Å². The second kappa shape index (κ2) is 9.44. The van der Waals surface area contributed by atoms with E-state index in [0.717, 1.165) is 10.1 Å². The van der Waals surface area contributed by atoms with Crippen LogP contribution < -0.4 is 26.0 Å². The third-order valence-electron chi connectivity index (χ3n) is 5.35. The lowest BCUT2D eigenvalue weighted by atomic mass is 10.2. The van der Waals surface area contributed by atoms with Crippen LogP contribution in [0.3, 0.4) is 0 Å². The maximum Gasteiger partial charge on any atom is 0.336 e. The number of nitrogens with zero attached hydrogens (tertiary/aromatic N) is 2. The normalized spacial score (nSPS) is 10.8. The maximum atomic E-state index is 13.5. The molecule has 0 saturated carbocycles. The first kappa shape index (κ1) is 23.1. The zero-order valence-corrected chi connectivity index (χ0v) is 19.6. The van der Waals surface area contributed by atoms with Crippen molar-refractivity contribution in [1.82, 2.24) is 9.13 Å². The number of hydrogen-bond donors (Lipinski definition) is 1. The van der Waals surface area contributed by atoms with Gasteiger partial charge >= 0.3 is 5.69 Å². The molecule has 1 heterocycles. The number of hydrogen-bond acceptors (Lipinski definition) is 5. The Morgan fingerprint density at radius 3 is 2.29 bits per heavy atom. The highest BCUT2D eigenvalue weighted by molar-refractivity contribution is 6.30. The predicted molar refractivity (Wildman–Crippen MR) is 132 cm³/mol. The lowest BCUT2D eigenvalue weighted by molar-refractivity contribution is -0.116. The van der Waals surface area contributed by atoms with Crippen LogP contribution in [0.15, 0.2) is 70.3 Å². The molecule has 0 atom stereocenters. The SMILES string of the molecule is COc1cc2c(=O)n(-c3cccc(Cl)c3)c(=O)n(CC(=O)Nc3ccc(C)cc3)c2cc1OC. The Hall–Kier alpha value is -4.04. The molecule has 4 aromatic rings. The van der Waals surface area contributed by atoms with Crippen molar-refractivity contribution < 1.29 is 14.3 Å². The summed E-state index contributed by atoms with van der Waals surface area (Å²) in [5.41, 5.74) is 0.909. The molecule has 0 bridgehead atoms. The second-order valence-electron chi connectivity index (χ2n) is 7.63. The van der Waals surface area contributed by atoms with E-state index in [2.05, 4.69) is 5.32 Å². The summed E-state index contributed by atoms with van der Waals surface area (Å²) in [5.74, 6) is 0.208. The first-order chi connectivity index (χ1) is 16.3. The van der Waals surface area contributed by atoms with Gasteiger partial charge in [-0.2, -0.15) is 0 Å². The highest BCUT2D eigenvalue weighted by Gasteiger charge is 2.20. The Balaban J connectivity index is 1.92. The van der Waals surface area contributed by atoms with E-state index in [1.165, 1.54) is 37.0 Å². The lowest BCUT2D eigenvalue weighted by Gasteiger charge is -2.16. The number of aromatic nitrogens is 2. The number of nitrogens with one attached hydrogen (secondary N) is 1. The summed E-state index contributed by atoms with van der Waals surface area (Å²) in [4.78, 5) is 39.8. The van der Waals surface area contributed by atoms with Crippen LogP contribution in [-0.4, -0.2) is 29.3 Å². The lowest BCUT2D eigenvalue weighted by Crippen LogP contribution is -2.40. The summed E-state index contributed by atoms with van der Waals surface area (Å²) in [7, 11) is 2.90. The standard InChI is InChI=1S/C25H22ClN3O5/c1-15-7-9-17(10-8-15)27-23(30)14-28-20-13-22(34-3)21(33-2)12-19(20)24(31)29(25(28)32)18-6-4-5-16(26)11-18/h4-13H,14H2,1-3H3,(H,27,30). The summed E-state index contributed by atoms with van der Waals surface area (Å²) >= 11 is 6.11. The predicted octanol–water partition coefficient (Wildman–Crippen LogP) is 3.77. The van der Waals surface area contributed by atoms with Crippen molar-refractivity contribution >= 4 is 34.1 Å². The molecular formula is C25H22ClN3O5. The average Bonchev–Trinajstić information content (AvgIpc) is 2.82. The van der Waals surface area contributed by atoms with Crippen LogP contribution in [0, 0.1) is 6.92 Å². The quantitative estimate of drug-likeness (QED) is 0.454. The Bertz CT molecular complexity index is 1510. The van der Waals surface area contributed by atoms with Crippen molar-refractivity contribution in [1.29, 1.82) is 0 Å². The molecule has 9 heteroatoms. The minimum atomic E-state index is -0.689. The average molecular weight is 480 g/mol. The van der Waals surface area contributed by atoms with Crippen molar-refractivity contribution in [3.05, 3.63) is 92.1 Å². The van der Waals surface area contributed by atoms with Gasteiger partial charge in [-0.05, 0) is 43.3 Å². The third-order valence-corrected chi connectivity index (χ3v) is 5.59. The number of carbonyl (C=O) groups excluding carboxylic acids is 1. The molecule has 0 radical (unpaired) electrons. The van der Waals surface area contributed by atoms with E-state index in [4.69, 9.17) is 21.1 Å². The third kappa shape index (κ3) is 4.40. The van der Waals surface area contributed by atoms with Crippen LogP contribution in [-0.2, 0) is 11.3 Å². The highest BCUT2D eigenvalue weighted by atomic mass is 35.5. The monoisotopic (exact) mass is 479 g/mol. The zero-order chi connectivity index (χ0) is 24.4. The molecule has 0 unspecified atom stereocenters. The largest absolute Gasteiger partial charge is 0.493 e. The van der Waals surface area contributed by atoms with Gasteiger partial charge in [-0.1, -0.05) is 35.4 Å². The van der Waals surface area contributed by atoms with Gasteiger partial charge in [0.25, 0.3) is 5.56 Å². The van der Waals surface area contributed by atoms with Crippen molar-refractivity contribution in [3.8, 4) is 17.2 Å². The number of halogens is 1. The number of benzene rings is 3. The Morgan fingerprint density at radius 2 is 1.65 bits per heavy atom. The minimum absolute atomic E-state index is 0.181. The molecule has 8 nitrogen and oxygen atoms in total. The molecule has 1 aromatic heterocycles. The van der Waals surface area contributed by atoms with E-state index in [1.807, 2.05) is 19.1 Å². The zero-order valence-electron chi connectivity index (χ0n) is 18.8. The van der Waals surface area contributed by atoms with E-state index in [0.29, 0.717) is 22.2 Å². The Kier molecular flexibility index (Phi) is 6.43. The van der Waals surface area contributed by atoms with Crippen molar-refractivity contribution in [2.45, 2.75) is 13.5 Å². The van der Waals surface area contributed by atoms with Gasteiger partial charge in [0.2, 0.25) is 5.91 Å². The van der Waals surface area contributed by atoms with Crippen LogP contribution >= 0.6 is 11.6 Å². The highest BCUT2D eigenvalue weighted by Crippen LogP contribution is 2.30. The van der Waals surface area contributed by atoms with Gasteiger partial charge in [-0.3, -0.25) is 14.2 Å². The van der Waals surface area contributed by atoms with Gasteiger partial charge in [0.05, 0.1) is 30.8 Å². The van der Waals surface area contributed by atoms with E-state index >= 15 is 0 Å². The molecular weight excluding hydrogens is 458 g/mol. The molecule has 0 saturated heterocycles. The Morgan fingerprint density at radius 1 is 0.971 bits per heavy atom. The summed E-state index contributed by atoms with van der Waals surface area (Å²) in [6.45, 7) is 1.61. The fraction of sp³-hybridized carbons (Fsp3) is 0.160. The summed E-state index contributed by atoms with van der Waals surface area (Å²) in [6, 6.07) is 16.7. The smallest absolute Gasteiger partial charge is 0.336 e. The van der Waals surface area contributed by atoms with Gasteiger partial charge in [0.15, 0.2) is 11.5 Å². The molecule has 174 valence electrons. The fourth-order valence-corrected chi connectivity index (χ4v) is 3.86. The number of anilines is 1. The van der Waals surface area contributed by atoms with Crippen molar-refractivity contribution in [2.24, 2.45) is 0 Å². The van der Waals surface area contributed by atoms with E-state index in [1.54, 1.807) is 30.3 Å². The first-order valence-electron chi connectivity index (χ1n) is 10.4. The summed E-state index contributed by atoms with van der Waals surface area (Å²) in [6.07, 6.45) is 0. The molecule has 0 aliphatic carbocycles. The number of aryl methyl sites for hydroxylation is 1. The van der Waals surface area contributed by atoms with Crippen LogP contribution in [0.4, 0.5) is 5.69 Å². The number of fused-ring (bicyclic) bond motifs is 1. The first-order valence-corrected chi connectivity index (χ1v) is 10.7. The second-order valence-corrected chi connectivity index (χ2v) is 8.06. The molecule has 0 aliphatic heterocycles. The molecule has 4 rings (SSSR count). The number of rotatable bonds is 6. The van der Waals surface area contributed by atoms with Crippen LogP contribution in [0.2, 0.25) is 5.02 Å². The topological polar surface area (TPSA) is 91.6 Å². The molecule has 1 N–H and O–H groups in total. The summed E-state index contributed by atoms with van der Waals surface area (Å²) < 4.78 is 12.9. The van der Waals surface area contributed by atoms with Gasteiger partial charge in [-0.15, -0.1) is 0 Å². The van der Waals surface area contributed by atoms with Gasteiger partial charge in [-0.25, -0.2) is 9.36 Å². The van der Waals surface area contributed by atoms with Gasteiger partial charge in [0.1, 0.15) is 6.54 Å². The van der Waals surface area contributed by atoms with Gasteiger partial charge < -0.3 is 14.8 Å². The van der Waals surface area contributed by atoms with Crippen molar-refractivity contribution in [3.63, 3.8) is 0 Å². The molecule has 0 fully saturated rings. The number of ether oxygens (including phenoxy) is 2. The van der Waals surface area contributed by atoms with E-state index in [-0.39, 0.29) is 23.1 Å². The molecule has 0 aliphatic rings. The number of carbonyl (C=O) groups is 1. The van der Waals surface area contributed by atoms with Crippen LogP contribution in [0.1, 0.15) is 5.56 Å². The summed E-state index contributed by atoms with van der Waals surface area (Å²) in [5, 5.41) is 3.32. The maximum absolute atomic E-state index is 13.5. The molecule has 34 heavy (non-hydrogen) atoms. The van der Waals surface area contributed by atoms with Crippen LogP contribution in [0.25, 0.3) is 16.6 Å². The van der Waals surface area contributed by atoms with E-state index < -0.39 is 17.2 Å². The number of methoxy groups -OCH3 is 2. The van der Waals surface area contributed by atoms with Crippen LogP contribution in [0.5, 0.6) is 11.5 Å². The molecule has 3 aromatic carbocycles. The van der Waals surface area contributed by atoms with Gasteiger partial charge in [0, 0.05) is 16.8 Å². The molecule has 1 amide bonds. The number of amides is 1. The Labute approximate surface area is 199 Å². The minimum Gasteiger partial charge on any atom is -0.493 e. The van der Waals surface area contributed by atoms with Crippen molar-refractivity contribution in [2.75, 3.05) is 19.5 Å².